The molecular formula is C11H13NO4. The molecular weight excluding hydrogens is 210 g/mol. The molecule has 0 atom stereocenters. The van der Waals surface area contributed by atoms with Crippen molar-refractivity contribution in [2.45, 2.75) is 13.3 Å². The van der Waals surface area contributed by atoms with Crippen molar-refractivity contribution in [3.63, 3.8) is 0 Å². The Balaban J connectivity index is 3.26. The van der Waals surface area contributed by atoms with Crippen molar-refractivity contribution in [3.8, 4) is 0 Å². The quantitative estimate of drug-likeness (QED) is 0.721. The summed E-state index contributed by atoms with van der Waals surface area (Å²) >= 11 is 0. The van der Waals surface area contributed by atoms with Gasteiger partial charge in [-0.25, -0.2) is 14.6 Å². The van der Waals surface area contributed by atoms with Crippen LogP contribution < -0.4 is 0 Å². The summed E-state index contributed by atoms with van der Waals surface area (Å²) in [5, 5.41) is 0. The first kappa shape index (κ1) is 12.2. The molecule has 1 heterocycles. The number of carbonyl (C=O) groups is 2. The number of hydrogen-bond acceptors (Lipinski definition) is 5. The van der Waals surface area contributed by atoms with Crippen LogP contribution in [-0.2, 0) is 15.9 Å². The Hall–Kier alpha value is -1.91. The Morgan fingerprint density at radius 1 is 1.25 bits per heavy atom. The molecule has 86 valence electrons. The van der Waals surface area contributed by atoms with Crippen molar-refractivity contribution < 1.29 is 19.1 Å². The van der Waals surface area contributed by atoms with E-state index in [0.29, 0.717) is 0 Å². The molecule has 0 spiro atoms. The van der Waals surface area contributed by atoms with Crippen molar-refractivity contribution in [1.29, 1.82) is 0 Å². The minimum Gasteiger partial charge on any atom is -0.465 e. The van der Waals surface area contributed by atoms with Crippen molar-refractivity contribution in [2.24, 2.45) is 0 Å². The lowest BCUT2D eigenvalue weighted by Crippen LogP contribution is -2.14. The Morgan fingerprint density at radius 3 is 2.38 bits per heavy atom. The van der Waals surface area contributed by atoms with E-state index in [4.69, 9.17) is 0 Å². The minimum atomic E-state index is -0.650. The summed E-state index contributed by atoms with van der Waals surface area (Å²) in [6.07, 6.45) is 2.26. The number of pyridine rings is 1. The van der Waals surface area contributed by atoms with E-state index in [9.17, 15) is 9.59 Å². The second-order valence-electron chi connectivity index (χ2n) is 3.08. The van der Waals surface area contributed by atoms with Gasteiger partial charge in [0.15, 0.2) is 5.69 Å². The minimum absolute atomic E-state index is 0.0217. The fourth-order valence-electron chi connectivity index (χ4n) is 1.23. The maximum Gasteiger partial charge on any atom is 0.357 e. The van der Waals surface area contributed by atoms with Crippen LogP contribution in [0.15, 0.2) is 12.3 Å². The molecule has 5 nitrogen and oxygen atoms in total. The van der Waals surface area contributed by atoms with Crippen LogP contribution in [0.1, 0.15) is 33.3 Å². The molecule has 1 rings (SSSR count). The van der Waals surface area contributed by atoms with Crippen LogP contribution in [0.4, 0.5) is 0 Å². The van der Waals surface area contributed by atoms with Crippen molar-refractivity contribution in [1.82, 2.24) is 4.98 Å². The SMILES string of the molecule is CCc1cnc(C(=O)OC)c(C(=O)OC)c1. The van der Waals surface area contributed by atoms with Gasteiger partial charge in [0, 0.05) is 6.20 Å². The number of esters is 2. The monoisotopic (exact) mass is 223 g/mol. The molecule has 0 radical (unpaired) electrons. The van der Waals surface area contributed by atoms with E-state index < -0.39 is 11.9 Å². The van der Waals surface area contributed by atoms with Crippen LogP contribution in [0.3, 0.4) is 0 Å². The second kappa shape index (κ2) is 5.25. The fraction of sp³-hybridized carbons (Fsp3) is 0.364. The molecule has 0 bridgehead atoms. The van der Waals surface area contributed by atoms with E-state index in [1.807, 2.05) is 6.92 Å². The smallest absolute Gasteiger partial charge is 0.357 e. The summed E-state index contributed by atoms with van der Waals surface area (Å²) in [7, 11) is 2.49. The van der Waals surface area contributed by atoms with Gasteiger partial charge in [0.2, 0.25) is 0 Å². The highest BCUT2D eigenvalue weighted by Gasteiger charge is 2.20. The van der Waals surface area contributed by atoms with E-state index in [-0.39, 0.29) is 11.3 Å². The van der Waals surface area contributed by atoms with Gasteiger partial charge in [-0.2, -0.15) is 0 Å². The van der Waals surface area contributed by atoms with Gasteiger partial charge in [-0.1, -0.05) is 6.92 Å². The molecule has 0 amide bonds. The summed E-state index contributed by atoms with van der Waals surface area (Å²) in [6.45, 7) is 1.93. The molecule has 1 aromatic rings. The summed E-state index contributed by atoms with van der Waals surface area (Å²) in [5.41, 5.74) is 0.966. The Morgan fingerprint density at radius 2 is 1.88 bits per heavy atom. The standard InChI is InChI=1S/C11H13NO4/c1-4-7-5-8(10(13)15-2)9(12-6-7)11(14)16-3/h5-6H,4H2,1-3H3. The second-order valence-corrected chi connectivity index (χ2v) is 3.08. The van der Waals surface area contributed by atoms with Gasteiger partial charge < -0.3 is 9.47 Å². The summed E-state index contributed by atoms with van der Waals surface area (Å²) < 4.78 is 9.12. The molecule has 0 unspecified atom stereocenters. The Bertz CT molecular complexity index is 414. The molecule has 0 aromatic carbocycles. The van der Waals surface area contributed by atoms with E-state index >= 15 is 0 Å². The van der Waals surface area contributed by atoms with Gasteiger partial charge in [0.1, 0.15) is 0 Å². The first-order valence-electron chi connectivity index (χ1n) is 4.79. The molecule has 0 aliphatic heterocycles. The predicted octanol–water partition coefficient (Wildman–Crippen LogP) is 1.22. The van der Waals surface area contributed by atoms with Gasteiger partial charge in [-0.05, 0) is 18.1 Å². The maximum absolute atomic E-state index is 11.5. The number of hydrogen-bond donors (Lipinski definition) is 0. The lowest BCUT2D eigenvalue weighted by Gasteiger charge is -2.06. The highest BCUT2D eigenvalue weighted by molar-refractivity contribution is 6.01. The van der Waals surface area contributed by atoms with Gasteiger partial charge in [-0.3, -0.25) is 0 Å². The third-order valence-corrected chi connectivity index (χ3v) is 2.14. The van der Waals surface area contributed by atoms with E-state index in [1.54, 1.807) is 12.3 Å². The van der Waals surface area contributed by atoms with Gasteiger partial charge >= 0.3 is 11.9 Å². The van der Waals surface area contributed by atoms with E-state index in [0.717, 1.165) is 12.0 Å². The van der Waals surface area contributed by atoms with Crippen LogP contribution in [0.2, 0.25) is 0 Å². The molecule has 5 heteroatoms. The average molecular weight is 223 g/mol. The largest absolute Gasteiger partial charge is 0.465 e. The van der Waals surface area contributed by atoms with Gasteiger partial charge in [0.25, 0.3) is 0 Å². The third-order valence-electron chi connectivity index (χ3n) is 2.14. The fourth-order valence-corrected chi connectivity index (χ4v) is 1.23. The summed E-state index contributed by atoms with van der Waals surface area (Å²) in [5.74, 6) is -1.24. The van der Waals surface area contributed by atoms with Crippen LogP contribution in [0.25, 0.3) is 0 Å². The number of ether oxygens (including phenoxy) is 2. The number of carbonyl (C=O) groups excluding carboxylic acids is 2. The molecule has 0 aliphatic rings. The highest BCUT2D eigenvalue weighted by Crippen LogP contribution is 2.12. The molecule has 0 saturated heterocycles. The Kier molecular flexibility index (Phi) is 3.99. The maximum atomic E-state index is 11.5. The summed E-state index contributed by atoms with van der Waals surface area (Å²) in [6, 6.07) is 1.59. The molecule has 16 heavy (non-hydrogen) atoms. The number of nitrogens with zero attached hydrogens (tertiary/aromatic N) is 1. The average Bonchev–Trinajstić information content (AvgIpc) is 2.36. The first-order valence-corrected chi connectivity index (χ1v) is 4.79. The van der Waals surface area contributed by atoms with Crippen molar-refractivity contribution in [3.05, 3.63) is 29.1 Å². The number of aromatic nitrogens is 1. The lowest BCUT2D eigenvalue weighted by atomic mass is 10.1. The molecule has 1 aromatic heterocycles. The van der Waals surface area contributed by atoms with Crippen LogP contribution in [0, 0.1) is 0 Å². The van der Waals surface area contributed by atoms with E-state index in [1.165, 1.54) is 14.2 Å². The highest BCUT2D eigenvalue weighted by atomic mass is 16.5. The van der Waals surface area contributed by atoms with Gasteiger partial charge in [0.05, 0.1) is 19.8 Å². The first-order chi connectivity index (χ1) is 7.63. The lowest BCUT2D eigenvalue weighted by molar-refractivity contribution is 0.0549. The normalized spacial score (nSPS) is 9.69. The number of methoxy groups -OCH3 is 2. The zero-order valence-electron chi connectivity index (χ0n) is 9.44. The predicted molar refractivity (Wildman–Crippen MR) is 56.3 cm³/mol. The Labute approximate surface area is 93.4 Å². The van der Waals surface area contributed by atoms with Crippen LogP contribution in [0.5, 0.6) is 0 Å². The summed E-state index contributed by atoms with van der Waals surface area (Å²) in [4.78, 5) is 26.7. The third kappa shape index (κ3) is 2.36. The van der Waals surface area contributed by atoms with Crippen molar-refractivity contribution >= 4 is 11.9 Å². The molecule has 0 saturated carbocycles. The van der Waals surface area contributed by atoms with Crippen molar-refractivity contribution in [2.75, 3.05) is 14.2 Å². The molecule has 0 N–H and O–H groups in total. The van der Waals surface area contributed by atoms with Gasteiger partial charge in [-0.15, -0.1) is 0 Å². The number of aryl methyl sites for hydroxylation is 1. The van der Waals surface area contributed by atoms with E-state index in [2.05, 4.69) is 14.5 Å². The van der Waals surface area contributed by atoms with Crippen LogP contribution in [-0.4, -0.2) is 31.1 Å². The zero-order chi connectivity index (χ0) is 12.1. The van der Waals surface area contributed by atoms with Crippen LogP contribution >= 0.6 is 0 Å². The molecule has 0 aliphatic carbocycles. The molecule has 0 fully saturated rings. The zero-order valence-corrected chi connectivity index (χ0v) is 9.44. The topological polar surface area (TPSA) is 65.5 Å². The number of rotatable bonds is 3.